The zero-order valence-corrected chi connectivity index (χ0v) is 16.7. The molecule has 156 valence electrons. The summed E-state index contributed by atoms with van der Waals surface area (Å²) in [4.78, 5) is 0. The fourth-order valence-corrected chi connectivity index (χ4v) is 3.16. The third-order valence-electron chi connectivity index (χ3n) is 4.31. The van der Waals surface area contributed by atoms with E-state index in [0.717, 1.165) is 22.0 Å². The van der Waals surface area contributed by atoms with Gasteiger partial charge in [0.25, 0.3) is 0 Å². The minimum absolute atomic E-state index is 0.248. The molecule has 3 rings (SSSR count). The Bertz CT molecular complexity index is 965. The van der Waals surface area contributed by atoms with E-state index in [0.29, 0.717) is 31.3 Å². The molecule has 0 aliphatic carbocycles. The molecule has 0 saturated heterocycles. The SMILES string of the molecule is COc1n[nH]c2cc(OCCNCC(O)c3cccc(CNS(=O)O)c3)ccc12. The Kier molecular flexibility index (Phi) is 7.55. The fourth-order valence-electron chi connectivity index (χ4n) is 2.87. The van der Waals surface area contributed by atoms with Crippen molar-refractivity contribution >= 4 is 22.2 Å². The number of aliphatic hydroxyl groups is 1. The molecule has 0 radical (unpaired) electrons. The fraction of sp³-hybridized carbons (Fsp3) is 0.316. The molecule has 0 saturated carbocycles. The first-order chi connectivity index (χ1) is 14.1. The van der Waals surface area contributed by atoms with Crippen molar-refractivity contribution in [3.05, 3.63) is 53.6 Å². The molecule has 29 heavy (non-hydrogen) atoms. The highest BCUT2D eigenvalue weighted by molar-refractivity contribution is 7.77. The van der Waals surface area contributed by atoms with Gasteiger partial charge in [-0.25, -0.2) is 8.93 Å². The smallest absolute Gasteiger partial charge is 0.240 e. The van der Waals surface area contributed by atoms with Gasteiger partial charge in [0.2, 0.25) is 17.1 Å². The van der Waals surface area contributed by atoms with Gasteiger partial charge in [-0.3, -0.25) is 9.65 Å². The molecule has 2 aromatic carbocycles. The standard InChI is InChI=1S/C19H24N4O5S/c1-27-19-16-6-5-15(10-17(16)22-23-19)28-8-7-20-12-18(24)14-4-2-3-13(9-14)11-21-29(25)26/h2-6,9-10,18,20-21,24H,7-8,11-12H2,1H3,(H,22,23)(H,25,26). The average molecular weight is 420 g/mol. The predicted octanol–water partition coefficient (Wildman–Crippen LogP) is 1.50. The number of aromatic amines is 1. The van der Waals surface area contributed by atoms with E-state index in [1.807, 2.05) is 30.3 Å². The molecule has 2 atom stereocenters. The number of methoxy groups -OCH3 is 1. The maximum atomic E-state index is 10.7. The van der Waals surface area contributed by atoms with Crippen LogP contribution in [0.5, 0.6) is 11.6 Å². The summed E-state index contributed by atoms with van der Waals surface area (Å²) < 4.78 is 32.8. The van der Waals surface area contributed by atoms with Crippen molar-refractivity contribution in [3.63, 3.8) is 0 Å². The summed E-state index contributed by atoms with van der Waals surface area (Å²) in [6, 6.07) is 12.8. The molecule has 0 spiro atoms. The maximum Gasteiger partial charge on any atom is 0.240 e. The maximum absolute atomic E-state index is 10.7. The lowest BCUT2D eigenvalue weighted by Gasteiger charge is -2.14. The highest BCUT2D eigenvalue weighted by Crippen LogP contribution is 2.25. The highest BCUT2D eigenvalue weighted by atomic mass is 32.2. The van der Waals surface area contributed by atoms with Crippen molar-refractivity contribution in [1.82, 2.24) is 20.2 Å². The van der Waals surface area contributed by atoms with Crippen molar-refractivity contribution in [2.45, 2.75) is 12.6 Å². The monoisotopic (exact) mass is 420 g/mol. The molecule has 3 aromatic rings. The van der Waals surface area contributed by atoms with Crippen molar-refractivity contribution in [2.24, 2.45) is 0 Å². The Balaban J connectivity index is 1.42. The van der Waals surface area contributed by atoms with Gasteiger partial charge in [-0.05, 0) is 23.3 Å². The molecule has 0 fully saturated rings. The zero-order chi connectivity index (χ0) is 20.6. The molecule has 0 bridgehead atoms. The Hall–Kier alpha value is -2.50. The molecule has 9 nitrogen and oxygen atoms in total. The van der Waals surface area contributed by atoms with Crippen molar-refractivity contribution in [1.29, 1.82) is 0 Å². The summed E-state index contributed by atoms with van der Waals surface area (Å²) in [5.74, 6) is 1.26. The minimum atomic E-state index is -2.06. The first-order valence-electron chi connectivity index (χ1n) is 9.03. The summed E-state index contributed by atoms with van der Waals surface area (Å²) in [5, 5.41) is 21.3. The van der Waals surface area contributed by atoms with Gasteiger partial charge in [0.05, 0.1) is 24.1 Å². The van der Waals surface area contributed by atoms with Crippen LogP contribution in [0.3, 0.4) is 0 Å². The van der Waals surface area contributed by atoms with Gasteiger partial charge in [0.1, 0.15) is 12.4 Å². The number of aliphatic hydroxyl groups excluding tert-OH is 1. The number of nitrogens with zero attached hydrogens (tertiary/aromatic N) is 1. The molecule has 0 aliphatic rings. The first-order valence-corrected chi connectivity index (χ1v) is 10.1. The Morgan fingerprint density at radius 3 is 2.93 bits per heavy atom. The normalized spacial score (nSPS) is 13.3. The van der Waals surface area contributed by atoms with Gasteiger partial charge < -0.3 is 19.9 Å². The lowest BCUT2D eigenvalue weighted by molar-refractivity contribution is 0.172. The first kappa shape index (κ1) is 21.2. The molecule has 10 heteroatoms. The quantitative estimate of drug-likeness (QED) is 0.235. The second-order valence-corrected chi connectivity index (χ2v) is 7.11. The van der Waals surface area contributed by atoms with Crippen LogP contribution in [0.25, 0.3) is 10.9 Å². The number of aromatic nitrogens is 2. The third kappa shape index (κ3) is 5.99. The predicted molar refractivity (Wildman–Crippen MR) is 110 cm³/mol. The Morgan fingerprint density at radius 1 is 1.28 bits per heavy atom. The van der Waals surface area contributed by atoms with Crippen LogP contribution in [-0.4, -0.2) is 50.9 Å². The van der Waals surface area contributed by atoms with E-state index in [-0.39, 0.29) is 6.54 Å². The summed E-state index contributed by atoms with van der Waals surface area (Å²) in [5.41, 5.74) is 2.39. The number of hydrogen-bond acceptors (Lipinski definition) is 6. The second kappa shape index (κ2) is 10.3. The van der Waals surface area contributed by atoms with Gasteiger partial charge >= 0.3 is 0 Å². The number of rotatable bonds is 11. The number of benzene rings is 2. The van der Waals surface area contributed by atoms with Gasteiger partial charge in [0.15, 0.2) is 0 Å². The molecule has 5 N–H and O–H groups in total. The van der Waals surface area contributed by atoms with E-state index in [1.165, 1.54) is 0 Å². The number of nitrogens with one attached hydrogen (secondary N) is 3. The van der Waals surface area contributed by atoms with Gasteiger partial charge in [-0.1, -0.05) is 24.3 Å². The number of fused-ring (bicyclic) bond motifs is 1. The van der Waals surface area contributed by atoms with Crippen LogP contribution in [0, 0.1) is 0 Å². The second-order valence-electron chi connectivity index (χ2n) is 6.32. The van der Waals surface area contributed by atoms with Gasteiger partial charge in [0, 0.05) is 25.7 Å². The highest BCUT2D eigenvalue weighted by Gasteiger charge is 2.09. The van der Waals surface area contributed by atoms with Crippen LogP contribution < -0.4 is 19.5 Å². The topological polar surface area (TPSA) is 129 Å². The van der Waals surface area contributed by atoms with Crippen LogP contribution in [-0.2, 0) is 17.8 Å². The van der Waals surface area contributed by atoms with Crippen LogP contribution in [0.1, 0.15) is 17.2 Å². The van der Waals surface area contributed by atoms with E-state index >= 15 is 0 Å². The van der Waals surface area contributed by atoms with E-state index in [2.05, 4.69) is 20.2 Å². The van der Waals surface area contributed by atoms with E-state index in [4.69, 9.17) is 14.0 Å². The molecular formula is C19H24N4O5S. The summed E-state index contributed by atoms with van der Waals surface area (Å²) in [6.07, 6.45) is -0.691. The lowest BCUT2D eigenvalue weighted by atomic mass is 10.1. The van der Waals surface area contributed by atoms with Crippen molar-refractivity contribution in [2.75, 3.05) is 26.8 Å². The molecule has 1 heterocycles. The Morgan fingerprint density at radius 2 is 2.14 bits per heavy atom. The summed E-state index contributed by atoms with van der Waals surface area (Å²) >= 11 is -2.06. The number of H-pyrrole nitrogens is 1. The summed E-state index contributed by atoms with van der Waals surface area (Å²) in [6.45, 7) is 1.61. The molecule has 0 amide bonds. The Labute approximate surface area is 170 Å². The van der Waals surface area contributed by atoms with E-state index in [9.17, 15) is 9.32 Å². The van der Waals surface area contributed by atoms with Gasteiger partial charge in [-0.2, -0.15) is 0 Å². The van der Waals surface area contributed by atoms with Gasteiger partial charge in [-0.15, -0.1) is 5.10 Å². The van der Waals surface area contributed by atoms with E-state index in [1.54, 1.807) is 19.2 Å². The molecule has 0 aliphatic heterocycles. The number of ether oxygens (including phenoxy) is 2. The van der Waals surface area contributed by atoms with Crippen LogP contribution in [0.2, 0.25) is 0 Å². The largest absolute Gasteiger partial charge is 0.492 e. The van der Waals surface area contributed by atoms with Crippen LogP contribution in [0.15, 0.2) is 42.5 Å². The molecule has 1 aromatic heterocycles. The van der Waals surface area contributed by atoms with Crippen molar-refractivity contribution in [3.8, 4) is 11.6 Å². The average Bonchev–Trinajstić information content (AvgIpc) is 3.14. The molecule has 2 unspecified atom stereocenters. The van der Waals surface area contributed by atoms with E-state index < -0.39 is 17.4 Å². The van der Waals surface area contributed by atoms with Crippen LogP contribution in [0.4, 0.5) is 0 Å². The third-order valence-corrected chi connectivity index (χ3v) is 4.70. The molecular weight excluding hydrogens is 396 g/mol. The zero-order valence-electron chi connectivity index (χ0n) is 15.9. The minimum Gasteiger partial charge on any atom is -0.492 e. The summed E-state index contributed by atoms with van der Waals surface area (Å²) in [7, 11) is 1.57. The van der Waals surface area contributed by atoms with Crippen molar-refractivity contribution < 1.29 is 23.3 Å². The lowest BCUT2D eigenvalue weighted by Crippen LogP contribution is -2.26. The van der Waals surface area contributed by atoms with Crippen LogP contribution >= 0.6 is 0 Å². The number of hydrogen-bond donors (Lipinski definition) is 5.